The Morgan fingerprint density at radius 2 is 1.83 bits per heavy atom. The number of carbonyl (C=O) groups is 1. The SMILES string of the molecule is O=C(N1CCCN(Cc2ccccc2)CC1)C1(O)CCSCC1. The Bertz CT molecular complexity index is 517. The van der Waals surface area contributed by atoms with Crippen molar-refractivity contribution in [2.45, 2.75) is 31.4 Å². The molecule has 3 rings (SSSR count). The molecular weight excluding hydrogens is 308 g/mol. The van der Waals surface area contributed by atoms with Gasteiger partial charge in [0.15, 0.2) is 0 Å². The summed E-state index contributed by atoms with van der Waals surface area (Å²) in [7, 11) is 0. The third kappa shape index (κ3) is 4.28. The summed E-state index contributed by atoms with van der Waals surface area (Å²) in [4.78, 5) is 17.0. The lowest BCUT2D eigenvalue weighted by Gasteiger charge is -2.35. The lowest BCUT2D eigenvalue weighted by molar-refractivity contribution is -0.152. The van der Waals surface area contributed by atoms with E-state index >= 15 is 0 Å². The minimum Gasteiger partial charge on any atom is -0.380 e. The van der Waals surface area contributed by atoms with Gasteiger partial charge in [-0.1, -0.05) is 30.3 Å². The van der Waals surface area contributed by atoms with Crippen LogP contribution in [0.25, 0.3) is 0 Å². The molecule has 2 fully saturated rings. The van der Waals surface area contributed by atoms with Crippen molar-refractivity contribution in [3.05, 3.63) is 35.9 Å². The van der Waals surface area contributed by atoms with E-state index in [1.165, 1.54) is 5.56 Å². The lowest BCUT2D eigenvalue weighted by Crippen LogP contribution is -2.51. The summed E-state index contributed by atoms with van der Waals surface area (Å²) in [6.45, 7) is 4.31. The van der Waals surface area contributed by atoms with Gasteiger partial charge in [-0.3, -0.25) is 9.69 Å². The molecule has 2 heterocycles. The van der Waals surface area contributed by atoms with Gasteiger partial charge in [-0.2, -0.15) is 11.8 Å². The molecule has 2 aliphatic rings. The summed E-state index contributed by atoms with van der Waals surface area (Å²) in [6.07, 6.45) is 2.17. The number of amides is 1. The first kappa shape index (κ1) is 16.8. The highest BCUT2D eigenvalue weighted by Gasteiger charge is 2.40. The molecular formula is C18H26N2O2S. The largest absolute Gasteiger partial charge is 0.380 e. The van der Waals surface area contributed by atoms with Crippen LogP contribution in [0.3, 0.4) is 0 Å². The molecule has 1 aromatic carbocycles. The molecule has 2 saturated heterocycles. The Balaban J connectivity index is 1.56. The van der Waals surface area contributed by atoms with Crippen molar-refractivity contribution in [2.24, 2.45) is 0 Å². The van der Waals surface area contributed by atoms with Gasteiger partial charge >= 0.3 is 0 Å². The van der Waals surface area contributed by atoms with Crippen LogP contribution in [0.4, 0.5) is 0 Å². The first-order valence-electron chi connectivity index (χ1n) is 8.53. The maximum absolute atomic E-state index is 12.7. The molecule has 1 amide bonds. The Kier molecular flexibility index (Phi) is 5.62. The molecule has 1 aromatic rings. The molecule has 4 nitrogen and oxygen atoms in total. The first-order chi connectivity index (χ1) is 11.2. The van der Waals surface area contributed by atoms with Gasteiger partial charge in [-0.25, -0.2) is 0 Å². The van der Waals surface area contributed by atoms with Gasteiger partial charge in [0.2, 0.25) is 0 Å². The van der Waals surface area contributed by atoms with E-state index in [-0.39, 0.29) is 5.91 Å². The van der Waals surface area contributed by atoms with Gasteiger partial charge in [0.05, 0.1) is 0 Å². The number of thioether (sulfide) groups is 1. The van der Waals surface area contributed by atoms with Gasteiger partial charge in [-0.15, -0.1) is 0 Å². The molecule has 0 bridgehead atoms. The van der Waals surface area contributed by atoms with Crippen LogP contribution < -0.4 is 0 Å². The number of nitrogens with zero attached hydrogens (tertiary/aromatic N) is 2. The average Bonchev–Trinajstić information content (AvgIpc) is 2.81. The van der Waals surface area contributed by atoms with Gasteiger partial charge in [0.25, 0.3) is 5.91 Å². The molecule has 1 N–H and O–H groups in total. The summed E-state index contributed by atoms with van der Waals surface area (Å²) in [5, 5.41) is 10.7. The van der Waals surface area contributed by atoms with Crippen molar-refractivity contribution in [3.8, 4) is 0 Å². The Morgan fingerprint density at radius 1 is 1.09 bits per heavy atom. The zero-order valence-corrected chi connectivity index (χ0v) is 14.4. The molecule has 2 aliphatic heterocycles. The predicted molar refractivity (Wildman–Crippen MR) is 94.4 cm³/mol. The van der Waals surface area contributed by atoms with Gasteiger partial charge in [0.1, 0.15) is 5.60 Å². The van der Waals surface area contributed by atoms with Crippen molar-refractivity contribution in [3.63, 3.8) is 0 Å². The van der Waals surface area contributed by atoms with E-state index < -0.39 is 5.60 Å². The highest BCUT2D eigenvalue weighted by Crippen LogP contribution is 2.29. The van der Waals surface area contributed by atoms with Crippen LogP contribution in [-0.2, 0) is 11.3 Å². The summed E-state index contributed by atoms with van der Waals surface area (Å²) in [5.74, 6) is 1.73. The van der Waals surface area contributed by atoms with Crippen LogP contribution >= 0.6 is 11.8 Å². The van der Waals surface area contributed by atoms with Crippen LogP contribution in [0.15, 0.2) is 30.3 Å². The van der Waals surface area contributed by atoms with Gasteiger partial charge in [0, 0.05) is 32.7 Å². The van der Waals surface area contributed by atoms with E-state index in [1.54, 1.807) is 0 Å². The van der Waals surface area contributed by atoms with Crippen molar-refractivity contribution >= 4 is 17.7 Å². The van der Waals surface area contributed by atoms with E-state index in [0.717, 1.165) is 50.7 Å². The van der Waals surface area contributed by atoms with Crippen molar-refractivity contribution in [2.75, 3.05) is 37.7 Å². The topological polar surface area (TPSA) is 43.8 Å². The monoisotopic (exact) mass is 334 g/mol. The minimum absolute atomic E-state index is 0.0423. The Labute approximate surface area is 142 Å². The summed E-state index contributed by atoms with van der Waals surface area (Å²) >= 11 is 1.83. The number of rotatable bonds is 3. The van der Waals surface area contributed by atoms with Gasteiger partial charge in [-0.05, 0) is 36.3 Å². The number of aliphatic hydroxyl groups is 1. The summed E-state index contributed by atoms with van der Waals surface area (Å²) in [6, 6.07) is 10.5. The quantitative estimate of drug-likeness (QED) is 0.918. The molecule has 0 aliphatic carbocycles. The van der Waals surface area contributed by atoms with E-state index in [4.69, 9.17) is 0 Å². The second-order valence-corrected chi connectivity index (χ2v) is 7.78. The van der Waals surface area contributed by atoms with E-state index in [9.17, 15) is 9.90 Å². The zero-order valence-electron chi connectivity index (χ0n) is 13.6. The number of hydrogen-bond acceptors (Lipinski definition) is 4. The smallest absolute Gasteiger partial charge is 0.254 e. The highest BCUT2D eigenvalue weighted by molar-refractivity contribution is 7.99. The third-order valence-corrected chi connectivity index (χ3v) is 5.83. The predicted octanol–water partition coefficient (Wildman–Crippen LogP) is 1.98. The molecule has 5 heteroatoms. The van der Waals surface area contributed by atoms with E-state index in [1.807, 2.05) is 22.7 Å². The van der Waals surface area contributed by atoms with Crippen molar-refractivity contribution < 1.29 is 9.90 Å². The number of carbonyl (C=O) groups excluding carboxylic acids is 1. The molecule has 0 radical (unpaired) electrons. The van der Waals surface area contributed by atoms with E-state index in [2.05, 4.69) is 29.2 Å². The number of benzene rings is 1. The van der Waals surface area contributed by atoms with Crippen LogP contribution in [0.5, 0.6) is 0 Å². The fourth-order valence-electron chi connectivity index (χ4n) is 3.39. The van der Waals surface area contributed by atoms with E-state index in [0.29, 0.717) is 12.8 Å². The molecule has 0 aromatic heterocycles. The van der Waals surface area contributed by atoms with Crippen LogP contribution in [0.2, 0.25) is 0 Å². The molecule has 0 saturated carbocycles. The standard InChI is InChI=1S/C18H26N2O2S/c21-17(18(22)7-13-23-14-8-18)20-10-4-9-19(11-12-20)15-16-5-2-1-3-6-16/h1-3,5-6,22H,4,7-15H2. The van der Waals surface area contributed by atoms with Crippen LogP contribution in [-0.4, -0.2) is 64.1 Å². The normalized spacial score (nSPS) is 22.6. The third-order valence-electron chi connectivity index (χ3n) is 4.84. The lowest BCUT2D eigenvalue weighted by atomic mass is 9.95. The van der Waals surface area contributed by atoms with Crippen LogP contribution in [0.1, 0.15) is 24.8 Å². The zero-order chi connectivity index (χ0) is 16.1. The van der Waals surface area contributed by atoms with Crippen molar-refractivity contribution in [1.82, 2.24) is 9.80 Å². The fraction of sp³-hybridized carbons (Fsp3) is 0.611. The van der Waals surface area contributed by atoms with Crippen LogP contribution in [0, 0.1) is 0 Å². The second kappa shape index (κ2) is 7.69. The van der Waals surface area contributed by atoms with Crippen molar-refractivity contribution in [1.29, 1.82) is 0 Å². The maximum atomic E-state index is 12.7. The summed E-state index contributed by atoms with van der Waals surface area (Å²) in [5.41, 5.74) is 0.204. The Morgan fingerprint density at radius 3 is 2.57 bits per heavy atom. The molecule has 0 atom stereocenters. The van der Waals surface area contributed by atoms with Gasteiger partial charge < -0.3 is 10.0 Å². The second-order valence-electron chi connectivity index (χ2n) is 6.55. The number of hydrogen-bond donors (Lipinski definition) is 1. The summed E-state index contributed by atoms with van der Waals surface area (Å²) < 4.78 is 0. The molecule has 126 valence electrons. The maximum Gasteiger partial charge on any atom is 0.254 e. The minimum atomic E-state index is -1.11. The molecule has 0 unspecified atom stereocenters. The Hall–Kier alpha value is -1.04. The fourth-order valence-corrected chi connectivity index (χ4v) is 4.56. The molecule has 23 heavy (non-hydrogen) atoms. The highest BCUT2D eigenvalue weighted by atomic mass is 32.2. The first-order valence-corrected chi connectivity index (χ1v) is 9.69. The average molecular weight is 334 g/mol. The molecule has 0 spiro atoms.